The minimum atomic E-state index is -1.48. The van der Waals surface area contributed by atoms with Crippen LogP contribution in [0, 0.1) is 0 Å². The molecule has 0 aromatic heterocycles. The van der Waals surface area contributed by atoms with E-state index in [2.05, 4.69) is 15.5 Å². The van der Waals surface area contributed by atoms with Crippen LogP contribution >= 0.6 is 0 Å². The number of azide groups is 1. The maximum atomic E-state index is 12.3. The molecule has 12 nitrogen and oxygen atoms in total. The van der Waals surface area contributed by atoms with Crippen molar-refractivity contribution < 1.29 is 29.0 Å². The summed E-state index contributed by atoms with van der Waals surface area (Å²) in [6, 6.07) is 7.12. The summed E-state index contributed by atoms with van der Waals surface area (Å²) in [7, 11) is 0. The van der Waals surface area contributed by atoms with Gasteiger partial charge in [0.25, 0.3) is 5.91 Å². The van der Waals surface area contributed by atoms with E-state index in [1.807, 2.05) is 0 Å². The maximum absolute atomic E-state index is 12.3. The van der Waals surface area contributed by atoms with Gasteiger partial charge in [-0.1, -0.05) is 30.3 Å². The molecule has 3 amide bonds. The third-order valence-electron chi connectivity index (χ3n) is 3.20. The van der Waals surface area contributed by atoms with Gasteiger partial charge in [0.2, 0.25) is 5.91 Å². The Morgan fingerprint density at radius 3 is 2.52 bits per heavy atom. The van der Waals surface area contributed by atoms with Crippen LogP contribution in [0.3, 0.4) is 0 Å². The molecule has 1 aromatic rings. The zero-order valence-electron chi connectivity index (χ0n) is 14.1. The molecule has 1 atom stereocenters. The van der Waals surface area contributed by atoms with Gasteiger partial charge in [-0.25, -0.2) is 0 Å². The number of hydrogen-bond acceptors (Lipinski definition) is 6. The van der Waals surface area contributed by atoms with Crippen molar-refractivity contribution in [3.63, 3.8) is 0 Å². The molecule has 27 heavy (non-hydrogen) atoms. The highest BCUT2D eigenvalue weighted by atomic mass is 16.6. The Kier molecular flexibility index (Phi) is 8.62. The molecule has 0 saturated carbocycles. The van der Waals surface area contributed by atoms with Crippen molar-refractivity contribution in [3.05, 3.63) is 46.3 Å². The lowest BCUT2D eigenvalue weighted by Crippen LogP contribution is -2.48. The van der Waals surface area contributed by atoms with Crippen LogP contribution in [-0.4, -0.2) is 46.6 Å². The second-order valence-corrected chi connectivity index (χ2v) is 5.20. The van der Waals surface area contributed by atoms with Gasteiger partial charge in [-0.15, -0.1) is 10.5 Å². The Morgan fingerprint density at radius 1 is 1.30 bits per heavy atom. The lowest BCUT2D eigenvalue weighted by atomic mass is 10.1. The second-order valence-electron chi connectivity index (χ2n) is 5.20. The van der Waals surface area contributed by atoms with E-state index in [1.54, 1.807) is 30.3 Å². The van der Waals surface area contributed by atoms with Gasteiger partial charge >= 0.3 is 12.1 Å². The fourth-order valence-electron chi connectivity index (χ4n) is 1.98. The molecule has 144 valence electrons. The Morgan fingerprint density at radius 2 is 1.96 bits per heavy atom. The third kappa shape index (κ3) is 7.75. The number of carbonyl (C=O) groups excluding carboxylic acids is 3. The fraction of sp³-hybridized carbons (Fsp3) is 0.333. The van der Waals surface area contributed by atoms with Crippen LogP contribution in [0.15, 0.2) is 35.6 Å². The zero-order valence-corrected chi connectivity index (χ0v) is 14.1. The van der Waals surface area contributed by atoms with Crippen LogP contribution in [0.25, 0.3) is 10.4 Å². The van der Waals surface area contributed by atoms with Crippen molar-refractivity contribution >= 4 is 23.9 Å². The Balaban J connectivity index is 2.92. The molecule has 0 aliphatic heterocycles. The summed E-state index contributed by atoms with van der Waals surface area (Å²) < 4.78 is 5.02. The minimum Gasteiger partial charge on any atom is -0.480 e. The zero-order chi connectivity index (χ0) is 20.2. The van der Waals surface area contributed by atoms with Crippen molar-refractivity contribution in [1.82, 2.24) is 10.3 Å². The van der Waals surface area contributed by atoms with Gasteiger partial charge in [-0.05, 0) is 10.8 Å². The summed E-state index contributed by atoms with van der Waals surface area (Å²) in [6.07, 6.45) is -1.74. The largest absolute Gasteiger partial charge is 0.511 e. The lowest BCUT2D eigenvalue weighted by molar-refractivity contribution is -0.139. The lowest BCUT2D eigenvalue weighted by Gasteiger charge is -2.21. The number of nitrogens with one attached hydrogen (secondary N) is 1. The molecular weight excluding hydrogens is 360 g/mol. The number of primary amides is 1. The summed E-state index contributed by atoms with van der Waals surface area (Å²) in [4.78, 5) is 48.5. The highest BCUT2D eigenvalue weighted by Crippen LogP contribution is 2.12. The Hall–Kier alpha value is -3.79. The quantitative estimate of drug-likeness (QED) is 0.232. The Bertz CT molecular complexity index is 734. The van der Waals surface area contributed by atoms with Crippen LogP contribution < -0.4 is 11.1 Å². The van der Waals surface area contributed by atoms with Gasteiger partial charge < -0.3 is 20.9 Å². The van der Waals surface area contributed by atoms with E-state index in [0.717, 1.165) is 0 Å². The monoisotopic (exact) mass is 378 g/mol. The molecule has 0 aliphatic rings. The van der Waals surface area contributed by atoms with Crippen LogP contribution in [0.5, 0.6) is 0 Å². The number of ether oxygens (including phenoxy) is 1. The first-order valence-electron chi connectivity index (χ1n) is 7.68. The molecule has 1 rings (SSSR count). The number of carboxylic acid groups (broad SMARTS) is 1. The van der Waals surface area contributed by atoms with Gasteiger partial charge in [-0.2, -0.15) is 9.71 Å². The highest BCUT2D eigenvalue weighted by molar-refractivity contribution is 5.88. The van der Waals surface area contributed by atoms with E-state index in [1.165, 1.54) is 0 Å². The minimum absolute atomic E-state index is 0.156. The molecule has 0 saturated heterocycles. The van der Waals surface area contributed by atoms with E-state index in [4.69, 9.17) is 21.1 Å². The molecule has 4 N–H and O–H groups in total. The number of hydrogen-bond donors (Lipinski definition) is 3. The molecule has 0 aliphatic carbocycles. The Labute approximate surface area is 153 Å². The van der Waals surface area contributed by atoms with Gasteiger partial charge in [0.1, 0.15) is 13.2 Å². The standard InChI is InChI=1S/C15H18N6O6/c16-12(22)7-6-11(14(25)18-8-13(23)24)21(20-19-17)15(26)27-9-10-4-2-1-3-5-10/h1-5,11H,6-9H2,(H2,16,22)(H,18,25)(H,23,24)/t11-/m0/s1. The van der Waals surface area contributed by atoms with Crippen LogP contribution in [-0.2, 0) is 25.7 Å². The number of amides is 3. The number of rotatable bonds is 10. The number of aliphatic carboxylic acids is 1. The van der Waals surface area contributed by atoms with Crippen LogP contribution in [0.2, 0.25) is 0 Å². The van der Waals surface area contributed by atoms with Crippen molar-refractivity contribution in [2.75, 3.05) is 6.54 Å². The molecule has 1 aromatic carbocycles. The summed E-state index contributed by atoms with van der Waals surface area (Å²) in [5.41, 5.74) is 14.4. The fourth-order valence-corrected chi connectivity index (χ4v) is 1.98. The second kappa shape index (κ2) is 10.9. The normalized spacial score (nSPS) is 10.8. The highest BCUT2D eigenvalue weighted by Gasteiger charge is 2.35. The first-order chi connectivity index (χ1) is 12.8. The first kappa shape index (κ1) is 21.3. The molecule has 0 fully saturated rings. The summed E-state index contributed by atoms with van der Waals surface area (Å²) in [6.45, 7) is -0.883. The van der Waals surface area contributed by atoms with E-state index in [9.17, 15) is 19.2 Å². The summed E-state index contributed by atoms with van der Waals surface area (Å²) in [5, 5.41) is 14.2. The maximum Gasteiger partial charge on any atom is 0.511 e. The number of nitrogens with two attached hydrogens (primary N) is 1. The van der Waals surface area contributed by atoms with Crippen molar-refractivity contribution in [3.8, 4) is 0 Å². The smallest absolute Gasteiger partial charge is 0.480 e. The molecule has 0 bridgehead atoms. The van der Waals surface area contributed by atoms with E-state index >= 15 is 0 Å². The third-order valence-corrected chi connectivity index (χ3v) is 3.20. The topological polar surface area (TPSA) is 188 Å². The average Bonchev–Trinajstić information content (AvgIpc) is 2.64. The van der Waals surface area contributed by atoms with Crippen molar-refractivity contribution in [2.45, 2.75) is 25.5 Å². The number of carboxylic acids is 1. The van der Waals surface area contributed by atoms with E-state index < -0.39 is 36.5 Å². The molecule has 0 heterocycles. The van der Waals surface area contributed by atoms with Gasteiger partial charge in [-0.3, -0.25) is 14.4 Å². The molecule has 0 radical (unpaired) electrons. The first-order valence-corrected chi connectivity index (χ1v) is 7.68. The van der Waals surface area contributed by atoms with Crippen molar-refractivity contribution in [2.24, 2.45) is 11.0 Å². The SMILES string of the molecule is [N-]=[N+]=NN(C(=O)OCc1ccccc1)[C@@H](CCC(N)=O)C(=O)NCC(=O)O. The summed E-state index contributed by atoms with van der Waals surface area (Å²) in [5.74, 6) is -3.02. The van der Waals surface area contributed by atoms with E-state index in [-0.39, 0.29) is 19.4 Å². The predicted molar refractivity (Wildman–Crippen MR) is 90.5 cm³/mol. The van der Waals surface area contributed by atoms with Gasteiger partial charge in [0.15, 0.2) is 6.04 Å². The van der Waals surface area contributed by atoms with Crippen LogP contribution in [0.4, 0.5) is 4.79 Å². The van der Waals surface area contributed by atoms with E-state index in [0.29, 0.717) is 10.6 Å². The average molecular weight is 378 g/mol. The molecule has 12 heteroatoms. The molecular formula is C15H18N6O6. The number of benzene rings is 1. The summed E-state index contributed by atoms with van der Waals surface area (Å²) >= 11 is 0. The van der Waals surface area contributed by atoms with Gasteiger partial charge in [0, 0.05) is 12.8 Å². The van der Waals surface area contributed by atoms with Crippen molar-refractivity contribution in [1.29, 1.82) is 0 Å². The number of nitrogens with zero attached hydrogens (tertiary/aromatic N) is 4. The predicted octanol–water partition coefficient (Wildman–Crippen LogP) is 0.685. The van der Waals surface area contributed by atoms with Crippen LogP contribution in [0.1, 0.15) is 18.4 Å². The molecule has 0 spiro atoms. The van der Waals surface area contributed by atoms with Gasteiger partial charge in [0.05, 0.1) is 0 Å². The molecule has 0 unspecified atom stereocenters. The number of carbonyl (C=O) groups is 4.